The van der Waals surface area contributed by atoms with Crippen LogP contribution in [0, 0.1) is 11.3 Å². The van der Waals surface area contributed by atoms with Gasteiger partial charge in [-0.15, -0.1) is 0 Å². The van der Waals surface area contributed by atoms with Crippen LogP contribution in [0.1, 0.15) is 27.2 Å². The maximum atomic E-state index is 5.61. The van der Waals surface area contributed by atoms with E-state index in [1.807, 2.05) is 0 Å². The summed E-state index contributed by atoms with van der Waals surface area (Å²) in [6.45, 7) is 7.92. The SMILES string of the molecule is CCC(C)C(C)(CN)CN. The Morgan fingerprint density at radius 3 is 1.80 bits per heavy atom. The molecule has 10 heavy (non-hydrogen) atoms. The highest BCUT2D eigenvalue weighted by atomic mass is 14.7. The molecule has 0 bridgehead atoms. The van der Waals surface area contributed by atoms with E-state index < -0.39 is 0 Å². The van der Waals surface area contributed by atoms with Gasteiger partial charge in [0.05, 0.1) is 0 Å². The standard InChI is InChI=1S/C8H20N2/c1-4-7(2)8(3,5-9)6-10/h7H,4-6,9-10H2,1-3H3. The second-order valence-electron chi connectivity index (χ2n) is 3.37. The van der Waals surface area contributed by atoms with Crippen molar-refractivity contribution in [2.45, 2.75) is 27.2 Å². The van der Waals surface area contributed by atoms with Crippen molar-refractivity contribution in [2.24, 2.45) is 22.8 Å². The molecule has 0 rings (SSSR count). The fourth-order valence-electron chi connectivity index (χ4n) is 0.979. The predicted molar refractivity (Wildman–Crippen MR) is 45.7 cm³/mol. The van der Waals surface area contributed by atoms with E-state index >= 15 is 0 Å². The lowest BCUT2D eigenvalue weighted by molar-refractivity contribution is 0.216. The topological polar surface area (TPSA) is 52.0 Å². The molecule has 0 radical (unpaired) electrons. The molecule has 4 N–H and O–H groups in total. The first kappa shape index (κ1) is 9.92. The van der Waals surface area contributed by atoms with Crippen LogP contribution in [0.4, 0.5) is 0 Å². The smallest absolute Gasteiger partial charge is 0.000854 e. The normalized spacial score (nSPS) is 15.3. The molecule has 2 heteroatoms. The molecular formula is C8H20N2. The third-order valence-electron chi connectivity index (χ3n) is 2.73. The summed E-state index contributed by atoms with van der Waals surface area (Å²) in [5, 5.41) is 0. The van der Waals surface area contributed by atoms with Crippen LogP contribution < -0.4 is 11.5 Å². The molecule has 0 aliphatic rings. The van der Waals surface area contributed by atoms with E-state index in [0.717, 1.165) is 6.42 Å². The lowest BCUT2D eigenvalue weighted by atomic mass is 9.77. The van der Waals surface area contributed by atoms with Crippen molar-refractivity contribution in [1.29, 1.82) is 0 Å². The third kappa shape index (κ3) is 1.96. The average molecular weight is 144 g/mol. The second-order valence-corrected chi connectivity index (χ2v) is 3.37. The fraction of sp³-hybridized carbons (Fsp3) is 1.00. The van der Waals surface area contributed by atoms with Crippen molar-refractivity contribution in [3.05, 3.63) is 0 Å². The van der Waals surface area contributed by atoms with Crippen LogP contribution in [-0.2, 0) is 0 Å². The zero-order valence-corrected chi connectivity index (χ0v) is 7.35. The van der Waals surface area contributed by atoms with E-state index in [9.17, 15) is 0 Å². The van der Waals surface area contributed by atoms with Gasteiger partial charge < -0.3 is 11.5 Å². The highest BCUT2D eigenvalue weighted by Crippen LogP contribution is 2.26. The zero-order chi connectivity index (χ0) is 8.20. The minimum absolute atomic E-state index is 0.148. The molecule has 2 nitrogen and oxygen atoms in total. The van der Waals surface area contributed by atoms with Crippen molar-refractivity contribution in [3.63, 3.8) is 0 Å². The van der Waals surface area contributed by atoms with E-state index in [1.54, 1.807) is 0 Å². The summed E-state index contributed by atoms with van der Waals surface area (Å²) >= 11 is 0. The monoisotopic (exact) mass is 144 g/mol. The molecule has 0 aliphatic heterocycles. The highest BCUT2D eigenvalue weighted by molar-refractivity contribution is 4.80. The van der Waals surface area contributed by atoms with Gasteiger partial charge in [0.15, 0.2) is 0 Å². The Bertz CT molecular complexity index is 87.3. The molecule has 0 saturated carbocycles. The molecule has 0 saturated heterocycles. The van der Waals surface area contributed by atoms with Crippen LogP contribution in [0.2, 0.25) is 0 Å². The highest BCUT2D eigenvalue weighted by Gasteiger charge is 2.26. The Labute approximate surface area is 64.0 Å². The molecule has 1 atom stereocenters. The molecule has 0 aliphatic carbocycles. The van der Waals surface area contributed by atoms with Crippen molar-refractivity contribution in [2.75, 3.05) is 13.1 Å². The van der Waals surface area contributed by atoms with Crippen molar-refractivity contribution in [3.8, 4) is 0 Å². The zero-order valence-electron chi connectivity index (χ0n) is 7.35. The number of hydrogen-bond donors (Lipinski definition) is 2. The summed E-state index contributed by atoms with van der Waals surface area (Å²) in [4.78, 5) is 0. The maximum absolute atomic E-state index is 5.61. The van der Waals surface area contributed by atoms with Gasteiger partial charge in [-0.25, -0.2) is 0 Å². The van der Waals surface area contributed by atoms with E-state index in [4.69, 9.17) is 11.5 Å². The van der Waals surface area contributed by atoms with Crippen LogP contribution in [0.25, 0.3) is 0 Å². The first-order valence-corrected chi connectivity index (χ1v) is 4.00. The largest absolute Gasteiger partial charge is 0.330 e. The van der Waals surface area contributed by atoms with Crippen LogP contribution in [0.15, 0.2) is 0 Å². The molecule has 0 aromatic heterocycles. The van der Waals surface area contributed by atoms with Gasteiger partial charge >= 0.3 is 0 Å². The molecule has 0 fully saturated rings. The Balaban J connectivity index is 4.02. The Kier molecular flexibility index (Phi) is 3.91. The molecule has 0 aromatic carbocycles. The first-order chi connectivity index (χ1) is 4.60. The van der Waals surface area contributed by atoms with Gasteiger partial charge in [0.25, 0.3) is 0 Å². The van der Waals surface area contributed by atoms with Crippen molar-refractivity contribution < 1.29 is 0 Å². The number of nitrogens with two attached hydrogens (primary N) is 2. The van der Waals surface area contributed by atoms with Gasteiger partial charge in [0.2, 0.25) is 0 Å². The van der Waals surface area contributed by atoms with Crippen LogP contribution in [-0.4, -0.2) is 13.1 Å². The van der Waals surface area contributed by atoms with Gasteiger partial charge in [-0.3, -0.25) is 0 Å². The molecule has 0 amide bonds. The Morgan fingerprint density at radius 2 is 1.70 bits per heavy atom. The summed E-state index contributed by atoms with van der Waals surface area (Å²) in [6, 6.07) is 0. The molecule has 0 heterocycles. The second kappa shape index (κ2) is 3.94. The lowest BCUT2D eigenvalue weighted by Crippen LogP contribution is -2.40. The Hall–Kier alpha value is -0.0800. The molecule has 1 unspecified atom stereocenters. The van der Waals surface area contributed by atoms with Crippen molar-refractivity contribution in [1.82, 2.24) is 0 Å². The van der Waals surface area contributed by atoms with Gasteiger partial charge in [0.1, 0.15) is 0 Å². The average Bonchev–Trinajstić information content (AvgIpc) is 2.01. The Morgan fingerprint density at radius 1 is 1.30 bits per heavy atom. The summed E-state index contributed by atoms with van der Waals surface area (Å²) in [5.74, 6) is 0.627. The van der Waals surface area contributed by atoms with Gasteiger partial charge in [0, 0.05) is 0 Å². The molecule has 62 valence electrons. The first-order valence-electron chi connectivity index (χ1n) is 4.00. The van der Waals surface area contributed by atoms with Crippen LogP contribution in [0.3, 0.4) is 0 Å². The van der Waals surface area contributed by atoms with Crippen molar-refractivity contribution >= 4 is 0 Å². The number of rotatable bonds is 4. The third-order valence-corrected chi connectivity index (χ3v) is 2.73. The maximum Gasteiger partial charge on any atom is -0.000854 e. The van der Waals surface area contributed by atoms with Crippen LogP contribution in [0.5, 0.6) is 0 Å². The summed E-state index contributed by atoms with van der Waals surface area (Å²) < 4.78 is 0. The summed E-state index contributed by atoms with van der Waals surface area (Å²) in [7, 11) is 0. The van der Waals surface area contributed by atoms with E-state index in [1.165, 1.54) is 0 Å². The molecule has 0 spiro atoms. The van der Waals surface area contributed by atoms with Crippen LogP contribution >= 0.6 is 0 Å². The molecule has 0 aromatic rings. The van der Waals surface area contributed by atoms with E-state index in [-0.39, 0.29) is 5.41 Å². The fourth-order valence-corrected chi connectivity index (χ4v) is 0.979. The van der Waals surface area contributed by atoms with Gasteiger partial charge in [-0.2, -0.15) is 0 Å². The molecular weight excluding hydrogens is 124 g/mol. The number of hydrogen-bond acceptors (Lipinski definition) is 2. The minimum Gasteiger partial charge on any atom is -0.330 e. The van der Waals surface area contributed by atoms with Gasteiger partial charge in [-0.05, 0) is 24.4 Å². The van der Waals surface area contributed by atoms with E-state index in [0.29, 0.717) is 19.0 Å². The lowest BCUT2D eigenvalue weighted by Gasteiger charge is -2.32. The predicted octanol–water partition coefficient (Wildman–Crippen LogP) is 0.956. The summed E-state index contributed by atoms with van der Waals surface area (Å²) in [6.07, 6.45) is 1.16. The van der Waals surface area contributed by atoms with Gasteiger partial charge in [-0.1, -0.05) is 27.2 Å². The van der Waals surface area contributed by atoms with E-state index in [2.05, 4.69) is 20.8 Å². The minimum atomic E-state index is 0.148. The quantitative estimate of drug-likeness (QED) is 0.617. The summed E-state index contributed by atoms with van der Waals surface area (Å²) in [5.41, 5.74) is 11.4.